The van der Waals surface area contributed by atoms with Gasteiger partial charge in [-0.25, -0.2) is 9.78 Å². The van der Waals surface area contributed by atoms with E-state index in [1.807, 2.05) is 0 Å². The van der Waals surface area contributed by atoms with Crippen LogP contribution in [0.15, 0.2) is 46.4 Å². The molecule has 0 bridgehead atoms. The Morgan fingerprint density at radius 2 is 2.11 bits per heavy atom. The van der Waals surface area contributed by atoms with Crippen LogP contribution in [0.4, 0.5) is 0 Å². The number of furan rings is 1. The molecule has 0 amide bonds. The number of aromatic amines is 1. The molecule has 18 heavy (non-hydrogen) atoms. The first kappa shape index (κ1) is 11.8. The first-order valence-corrected chi connectivity index (χ1v) is 5.24. The molecule has 0 saturated heterocycles. The van der Waals surface area contributed by atoms with E-state index in [4.69, 9.17) is 15.0 Å². The van der Waals surface area contributed by atoms with E-state index < -0.39 is 5.97 Å². The maximum atomic E-state index is 11.6. The number of nitrogens with zero attached hydrogens (tertiary/aromatic N) is 1. The molecule has 3 N–H and O–H groups in total. The lowest BCUT2D eigenvalue weighted by molar-refractivity contribution is -0.378. The highest BCUT2D eigenvalue weighted by molar-refractivity contribution is 5.98. The lowest BCUT2D eigenvalue weighted by atomic mass is 10.2. The molecule has 0 atom stereocenters. The van der Waals surface area contributed by atoms with Gasteiger partial charge in [-0.3, -0.25) is 0 Å². The molecule has 6 nitrogen and oxygen atoms in total. The third-order valence-electron chi connectivity index (χ3n) is 2.32. The van der Waals surface area contributed by atoms with Crippen molar-refractivity contribution in [2.45, 2.75) is 6.92 Å². The van der Waals surface area contributed by atoms with Crippen LogP contribution in [0.1, 0.15) is 21.7 Å². The predicted octanol–water partition coefficient (Wildman–Crippen LogP) is 0.879. The summed E-state index contributed by atoms with van der Waals surface area (Å²) in [5.41, 5.74) is 6.65. The molecule has 0 fully saturated rings. The van der Waals surface area contributed by atoms with Gasteiger partial charge in [0.15, 0.2) is 18.2 Å². The number of amidine groups is 1. The first-order chi connectivity index (χ1) is 8.68. The van der Waals surface area contributed by atoms with E-state index in [1.54, 1.807) is 31.5 Å². The van der Waals surface area contributed by atoms with Gasteiger partial charge in [-0.05, 0) is 13.0 Å². The zero-order valence-electron chi connectivity index (χ0n) is 9.71. The van der Waals surface area contributed by atoms with Gasteiger partial charge in [-0.2, -0.15) is 0 Å². The van der Waals surface area contributed by atoms with Gasteiger partial charge in [-0.15, -0.1) is 0 Å². The molecule has 0 aliphatic rings. The number of pyridine rings is 1. The molecule has 2 aromatic heterocycles. The maximum Gasteiger partial charge on any atom is 0.369 e. The fourth-order valence-corrected chi connectivity index (χ4v) is 1.35. The van der Waals surface area contributed by atoms with E-state index in [0.717, 1.165) is 0 Å². The Kier molecular flexibility index (Phi) is 3.38. The third kappa shape index (κ3) is 2.54. The molecular weight excluding hydrogens is 234 g/mol. The normalized spacial score (nSPS) is 11.3. The Labute approximate surface area is 103 Å². The van der Waals surface area contributed by atoms with E-state index in [2.05, 4.69) is 10.1 Å². The number of hydrogen-bond acceptors (Lipinski definition) is 4. The van der Waals surface area contributed by atoms with Crippen LogP contribution in [0.3, 0.4) is 0 Å². The Balaban J connectivity index is 2.08. The largest absolute Gasteiger partial charge is 0.469 e. The molecule has 2 rings (SSSR count). The molecule has 0 saturated carbocycles. The number of carbonyl (C=O) groups excluding carboxylic acids is 1. The average Bonchev–Trinajstić information content (AvgIpc) is 2.83. The quantitative estimate of drug-likeness (QED) is 0.376. The molecule has 0 aromatic carbocycles. The summed E-state index contributed by atoms with van der Waals surface area (Å²) in [6.45, 7) is 1.66. The van der Waals surface area contributed by atoms with Crippen molar-refractivity contribution in [2.24, 2.45) is 10.9 Å². The number of aryl methyl sites for hydroxylation is 1. The van der Waals surface area contributed by atoms with Crippen molar-refractivity contribution in [3.8, 4) is 0 Å². The summed E-state index contributed by atoms with van der Waals surface area (Å²) in [5, 5.41) is 3.58. The summed E-state index contributed by atoms with van der Waals surface area (Å²) in [6.07, 6.45) is 4.80. The lowest BCUT2D eigenvalue weighted by Gasteiger charge is -1.99. The highest BCUT2D eigenvalue weighted by Gasteiger charge is 2.13. The zero-order valence-corrected chi connectivity index (χ0v) is 9.71. The molecule has 6 heteroatoms. The van der Waals surface area contributed by atoms with Crippen LogP contribution in [0.5, 0.6) is 0 Å². The topological polar surface area (TPSA) is 92.0 Å². The highest BCUT2D eigenvalue weighted by atomic mass is 16.7. The van der Waals surface area contributed by atoms with Crippen molar-refractivity contribution in [3.05, 3.63) is 53.7 Å². The van der Waals surface area contributed by atoms with Crippen LogP contribution in [0.25, 0.3) is 0 Å². The molecule has 0 aliphatic carbocycles. The minimum Gasteiger partial charge on any atom is -0.469 e. The van der Waals surface area contributed by atoms with Gasteiger partial charge >= 0.3 is 5.97 Å². The number of aromatic nitrogens is 1. The lowest BCUT2D eigenvalue weighted by Crippen LogP contribution is -2.16. The maximum absolute atomic E-state index is 11.6. The van der Waals surface area contributed by atoms with Crippen LogP contribution in [0.2, 0.25) is 0 Å². The Hall–Kier alpha value is -2.63. The van der Waals surface area contributed by atoms with Gasteiger partial charge in [0.2, 0.25) is 0 Å². The second kappa shape index (κ2) is 5.13. The first-order valence-electron chi connectivity index (χ1n) is 5.24. The summed E-state index contributed by atoms with van der Waals surface area (Å²) in [4.78, 5) is 19.2. The number of hydrogen-bond donors (Lipinski definition) is 1. The molecule has 2 aromatic rings. The van der Waals surface area contributed by atoms with Gasteiger partial charge in [-0.1, -0.05) is 5.16 Å². The zero-order chi connectivity index (χ0) is 13.0. The monoisotopic (exact) mass is 246 g/mol. The molecule has 0 spiro atoms. The third-order valence-corrected chi connectivity index (χ3v) is 2.32. The average molecular weight is 246 g/mol. The van der Waals surface area contributed by atoms with Crippen molar-refractivity contribution in [1.82, 2.24) is 0 Å². The fraction of sp³-hybridized carbons (Fsp3) is 0.0833. The molecule has 0 aliphatic heterocycles. The number of carbonyl (C=O) groups is 1. The Bertz CT molecular complexity index is 575. The minimum absolute atomic E-state index is 0.124. The SMILES string of the molecule is Cc1occc1C(=O)ON=C(N)c1cc[nH+]cc1. The van der Waals surface area contributed by atoms with Gasteiger partial charge in [0, 0.05) is 17.7 Å². The van der Waals surface area contributed by atoms with Crippen molar-refractivity contribution in [3.63, 3.8) is 0 Å². The summed E-state index contributed by atoms with van der Waals surface area (Å²) in [7, 11) is 0. The summed E-state index contributed by atoms with van der Waals surface area (Å²) >= 11 is 0. The van der Waals surface area contributed by atoms with E-state index in [0.29, 0.717) is 16.9 Å². The standard InChI is InChI=1S/C12H11N3O3/c1-8-10(4-7-17-8)12(16)18-15-11(13)9-2-5-14-6-3-9/h2-7H,1H3,(H2,13,15)/p+1. The summed E-state index contributed by atoms with van der Waals surface area (Å²) in [6, 6.07) is 4.95. The number of nitrogens with one attached hydrogen (secondary N) is 1. The van der Waals surface area contributed by atoms with Gasteiger partial charge in [0.1, 0.15) is 11.3 Å². The number of oxime groups is 1. The minimum atomic E-state index is -0.605. The Morgan fingerprint density at radius 3 is 2.72 bits per heavy atom. The van der Waals surface area contributed by atoms with E-state index >= 15 is 0 Å². The van der Waals surface area contributed by atoms with Gasteiger partial charge < -0.3 is 15.0 Å². The molecule has 0 radical (unpaired) electrons. The van der Waals surface area contributed by atoms with Gasteiger partial charge in [0.05, 0.1) is 6.26 Å². The number of rotatable bonds is 3. The van der Waals surface area contributed by atoms with E-state index in [9.17, 15) is 4.79 Å². The second-order valence-electron chi connectivity index (χ2n) is 3.53. The number of nitrogens with two attached hydrogens (primary N) is 1. The summed E-state index contributed by atoms with van der Waals surface area (Å²) in [5.74, 6) is -0.00623. The molecule has 0 unspecified atom stereocenters. The second-order valence-corrected chi connectivity index (χ2v) is 3.53. The fourth-order valence-electron chi connectivity index (χ4n) is 1.35. The van der Waals surface area contributed by atoms with Crippen LogP contribution >= 0.6 is 0 Å². The van der Waals surface area contributed by atoms with Crippen LogP contribution in [-0.4, -0.2) is 11.8 Å². The summed E-state index contributed by atoms with van der Waals surface area (Å²) < 4.78 is 4.99. The van der Waals surface area contributed by atoms with Gasteiger partial charge in [0.25, 0.3) is 0 Å². The van der Waals surface area contributed by atoms with Crippen LogP contribution < -0.4 is 10.7 Å². The smallest absolute Gasteiger partial charge is 0.369 e. The molecular formula is C12H12N3O3+. The van der Waals surface area contributed by atoms with Crippen LogP contribution in [-0.2, 0) is 4.84 Å². The molecule has 92 valence electrons. The van der Waals surface area contributed by atoms with Crippen molar-refractivity contribution >= 4 is 11.8 Å². The van der Waals surface area contributed by atoms with E-state index in [-0.39, 0.29) is 5.84 Å². The van der Waals surface area contributed by atoms with Crippen molar-refractivity contribution in [1.29, 1.82) is 0 Å². The van der Waals surface area contributed by atoms with E-state index in [1.165, 1.54) is 12.3 Å². The van der Waals surface area contributed by atoms with Crippen molar-refractivity contribution < 1.29 is 19.0 Å². The predicted molar refractivity (Wildman–Crippen MR) is 62.6 cm³/mol. The highest BCUT2D eigenvalue weighted by Crippen LogP contribution is 2.10. The molecule has 2 heterocycles. The van der Waals surface area contributed by atoms with Crippen LogP contribution in [0, 0.1) is 6.92 Å². The number of H-pyrrole nitrogens is 1. The Morgan fingerprint density at radius 1 is 1.39 bits per heavy atom. The van der Waals surface area contributed by atoms with Crippen molar-refractivity contribution in [2.75, 3.05) is 0 Å².